The fraction of sp³-hybridized carbons (Fsp3) is 0. The summed E-state index contributed by atoms with van der Waals surface area (Å²) < 4.78 is 0. The molecule has 0 heterocycles. The molecule has 0 N–H and O–H groups in total. The summed E-state index contributed by atoms with van der Waals surface area (Å²) in [6.45, 7) is 0. The molecule has 0 aliphatic heterocycles. The summed E-state index contributed by atoms with van der Waals surface area (Å²) in [6.07, 6.45) is 0. The minimum Gasteiger partial charge on any atom is -1.00 e. The third kappa shape index (κ3) is 20.5. The summed E-state index contributed by atoms with van der Waals surface area (Å²) in [4.78, 5) is 0. The standard InChI is InChI=1S/Al.2Co.Li.Ni.4H/q;;;+1;;;;;-1. The van der Waals surface area contributed by atoms with Gasteiger partial charge in [0.2, 0.25) is 0 Å². The van der Waals surface area contributed by atoms with E-state index >= 15 is 0 Å². The molecule has 0 saturated carbocycles. The van der Waals surface area contributed by atoms with Crippen LogP contribution in [0.2, 0.25) is 0 Å². The average molecular weight is 215 g/mol. The molecule has 5 heavy (non-hydrogen) atoms. The van der Waals surface area contributed by atoms with Crippen LogP contribution in [-0.2, 0) is 50.0 Å². The molecular formula is H4AlCo2LiNi. The van der Waals surface area contributed by atoms with Crippen LogP contribution in [0.5, 0.6) is 0 Å². The van der Waals surface area contributed by atoms with Gasteiger partial charge in [-0.25, -0.2) is 0 Å². The molecule has 0 aliphatic rings. The molecule has 0 atom stereocenters. The minimum atomic E-state index is 0. The molecule has 0 nitrogen and oxygen atoms in total. The van der Waals surface area contributed by atoms with Crippen LogP contribution in [0.15, 0.2) is 0 Å². The summed E-state index contributed by atoms with van der Waals surface area (Å²) in [5.74, 6) is 0. The van der Waals surface area contributed by atoms with Gasteiger partial charge in [-0.05, 0) is 0 Å². The van der Waals surface area contributed by atoms with Crippen molar-refractivity contribution in [3.05, 3.63) is 0 Å². The van der Waals surface area contributed by atoms with E-state index in [0.717, 1.165) is 0 Å². The van der Waals surface area contributed by atoms with Crippen LogP contribution in [0, 0.1) is 0 Å². The average Bonchev–Trinajstić information content (AvgIpc) is 0. The van der Waals surface area contributed by atoms with Crippen molar-refractivity contribution in [2.45, 2.75) is 0 Å². The Morgan fingerprint density at radius 3 is 1.00 bits per heavy atom. The second-order valence-electron chi connectivity index (χ2n) is 0. The summed E-state index contributed by atoms with van der Waals surface area (Å²) in [5.41, 5.74) is 0. The number of hydrogen-bond donors (Lipinski definition) is 0. The predicted octanol–water partition coefficient (Wildman–Crippen LogP) is -4.07. The summed E-state index contributed by atoms with van der Waals surface area (Å²) >= 11 is 0. The van der Waals surface area contributed by atoms with Gasteiger partial charge in [-0.1, -0.05) is 0 Å². The van der Waals surface area contributed by atoms with Gasteiger partial charge in [-0.2, -0.15) is 0 Å². The van der Waals surface area contributed by atoms with Gasteiger partial charge in [-0.15, -0.1) is 0 Å². The Balaban J connectivity index is 0. The monoisotopic (exact) mass is 214 g/mol. The normalized spacial score (nSPS) is 0. The molecule has 5 heteroatoms. The van der Waals surface area contributed by atoms with E-state index in [1.165, 1.54) is 0 Å². The molecule has 2 radical (unpaired) electrons. The van der Waals surface area contributed by atoms with Crippen molar-refractivity contribution >= 4 is 17.4 Å². The van der Waals surface area contributed by atoms with Crippen molar-refractivity contribution in [3.8, 4) is 0 Å². The molecule has 0 bridgehead atoms. The smallest absolute Gasteiger partial charge is 1.00 e. The van der Waals surface area contributed by atoms with Crippen LogP contribution in [0.3, 0.4) is 0 Å². The third-order valence-electron chi connectivity index (χ3n) is 0. The molecule has 0 fully saturated rings. The Morgan fingerprint density at radius 2 is 1.00 bits per heavy atom. The zero-order valence-corrected chi connectivity index (χ0v) is 5.05. The number of rotatable bonds is 0. The van der Waals surface area contributed by atoms with E-state index in [0.29, 0.717) is 0 Å². The molecule has 0 aliphatic carbocycles. The van der Waals surface area contributed by atoms with Crippen LogP contribution in [0.1, 0.15) is 1.43 Å². The van der Waals surface area contributed by atoms with E-state index in [2.05, 4.69) is 0 Å². The predicted molar refractivity (Wildman–Crippen MR) is 11.1 cm³/mol. The zero-order valence-electron chi connectivity index (χ0n) is 2.98. The fourth-order valence-electron chi connectivity index (χ4n) is 0. The molecule has 36 valence electrons. The van der Waals surface area contributed by atoms with Gasteiger partial charge < -0.3 is 1.43 Å². The van der Waals surface area contributed by atoms with Crippen LogP contribution in [-0.4, -0.2) is 17.4 Å². The van der Waals surface area contributed by atoms with E-state index in [-0.39, 0.29) is 87.7 Å². The van der Waals surface area contributed by atoms with E-state index in [4.69, 9.17) is 0 Å². The van der Waals surface area contributed by atoms with E-state index in [1.807, 2.05) is 0 Å². The zero-order chi connectivity index (χ0) is 0. The Bertz CT molecular complexity index is 13.5. The Kier molecular flexibility index (Phi) is 294. The molecular weight excluding hydrogens is 210 g/mol. The van der Waals surface area contributed by atoms with Gasteiger partial charge in [0.1, 0.15) is 0 Å². The van der Waals surface area contributed by atoms with Crippen LogP contribution in [0.4, 0.5) is 0 Å². The first kappa shape index (κ1) is 48.4. The van der Waals surface area contributed by atoms with Crippen molar-refractivity contribution in [1.29, 1.82) is 0 Å². The first-order valence-corrected chi connectivity index (χ1v) is 0. The molecule has 0 aromatic carbocycles. The molecule has 0 aromatic rings. The molecule has 0 aromatic heterocycles. The second-order valence-corrected chi connectivity index (χ2v) is 0. The maximum atomic E-state index is 0. The van der Waals surface area contributed by atoms with Crippen molar-refractivity contribution in [2.75, 3.05) is 0 Å². The van der Waals surface area contributed by atoms with Crippen molar-refractivity contribution < 1.29 is 70.3 Å². The SMILES string of the molecule is [AlH3].[Co].[Co].[H-].[Li+].[Ni]. The molecule has 0 spiro atoms. The molecule has 0 saturated heterocycles. The summed E-state index contributed by atoms with van der Waals surface area (Å²) in [6, 6.07) is 0. The minimum absolute atomic E-state index is 0. The maximum Gasteiger partial charge on any atom is 1.00 e. The van der Waals surface area contributed by atoms with Crippen molar-refractivity contribution in [2.24, 2.45) is 0 Å². The van der Waals surface area contributed by atoms with E-state index in [9.17, 15) is 0 Å². The van der Waals surface area contributed by atoms with Gasteiger partial charge in [0, 0.05) is 50.0 Å². The Morgan fingerprint density at radius 1 is 1.00 bits per heavy atom. The number of hydrogen-bond acceptors (Lipinski definition) is 0. The summed E-state index contributed by atoms with van der Waals surface area (Å²) in [5, 5.41) is 0. The van der Waals surface area contributed by atoms with Gasteiger partial charge >= 0.3 is 18.9 Å². The Hall–Kier alpha value is 2.64. The topological polar surface area (TPSA) is 0 Å². The molecule has 0 amide bonds. The van der Waals surface area contributed by atoms with Crippen molar-refractivity contribution in [1.82, 2.24) is 0 Å². The summed E-state index contributed by atoms with van der Waals surface area (Å²) in [7, 11) is 0. The largest absolute Gasteiger partial charge is 1.00 e. The maximum absolute atomic E-state index is 0. The third-order valence-corrected chi connectivity index (χ3v) is 0. The molecule has 0 unspecified atom stereocenters. The van der Waals surface area contributed by atoms with Crippen LogP contribution >= 0.6 is 0 Å². The van der Waals surface area contributed by atoms with Crippen molar-refractivity contribution in [3.63, 3.8) is 0 Å². The van der Waals surface area contributed by atoms with E-state index < -0.39 is 0 Å². The van der Waals surface area contributed by atoms with Gasteiger partial charge in [0.05, 0.1) is 0 Å². The first-order valence-electron chi connectivity index (χ1n) is 0. The second kappa shape index (κ2) is 30.3. The van der Waals surface area contributed by atoms with Gasteiger partial charge in [0.25, 0.3) is 0 Å². The molecule has 0 rings (SSSR count). The van der Waals surface area contributed by atoms with Gasteiger partial charge in [-0.3, -0.25) is 0 Å². The Labute approximate surface area is 86.7 Å². The van der Waals surface area contributed by atoms with Crippen LogP contribution in [0.25, 0.3) is 0 Å². The quantitative estimate of drug-likeness (QED) is 0.360. The fourth-order valence-corrected chi connectivity index (χ4v) is 0. The van der Waals surface area contributed by atoms with Gasteiger partial charge in [0.15, 0.2) is 17.4 Å². The van der Waals surface area contributed by atoms with E-state index in [1.54, 1.807) is 0 Å². The first-order chi connectivity index (χ1) is 0. The van der Waals surface area contributed by atoms with Crippen LogP contribution < -0.4 is 18.9 Å².